The maximum atomic E-state index is 13.0. The first-order chi connectivity index (χ1) is 14.0. The Morgan fingerprint density at radius 3 is 2.34 bits per heavy atom. The minimum Gasteiger partial charge on any atom is -0.497 e. The second kappa shape index (κ2) is 9.01. The fraction of sp³-hybridized carbons (Fsp3) is 0.273. The highest BCUT2D eigenvalue weighted by molar-refractivity contribution is 6.53. The Morgan fingerprint density at radius 1 is 1.00 bits per heavy atom. The smallest absolute Gasteiger partial charge is 0.283 e. The molecule has 3 rings (SSSR count). The van der Waals surface area contributed by atoms with E-state index in [0.29, 0.717) is 22.9 Å². The number of hydrogen-bond acceptors (Lipinski definition) is 5. The number of rotatable bonds is 8. The Morgan fingerprint density at radius 2 is 1.72 bits per heavy atom. The zero-order chi connectivity index (χ0) is 21.0. The number of nitrogens with one attached hydrogen (secondary N) is 1. The number of methoxy groups -OCH3 is 2. The van der Waals surface area contributed by atoms with Gasteiger partial charge in [0, 0.05) is 6.07 Å². The lowest BCUT2D eigenvalue weighted by molar-refractivity contribution is -0.120. The number of halogens is 1. The highest BCUT2D eigenvalue weighted by Gasteiger charge is 2.39. The van der Waals surface area contributed by atoms with Crippen LogP contribution in [0.1, 0.15) is 25.3 Å². The summed E-state index contributed by atoms with van der Waals surface area (Å²) in [4.78, 5) is 26.7. The first-order valence-corrected chi connectivity index (χ1v) is 9.74. The largest absolute Gasteiger partial charge is 0.497 e. The summed E-state index contributed by atoms with van der Waals surface area (Å²) in [6.45, 7) is 2.13. The van der Waals surface area contributed by atoms with Crippen LogP contribution < -0.4 is 19.7 Å². The maximum Gasteiger partial charge on any atom is 0.283 e. The number of benzene rings is 2. The van der Waals surface area contributed by atoms with Gasteiger partial charge in [-0.15, -0.1) is 0 Å². The van der Waals surface area contributed by atoms with Crippen LogP contribution in [0.2, 0.25) is 0 Å². The number of amides is 2. The summed E-state index contributed by atoms with van der Waals surface area (Å²) >= 11 is 6.22. The average Bonchev–Trinajstić information content (AvgIpc) is 2.95. The van der Waals surface area contributed by atoms with Crippen LogP contribution in [0.4, 0.5) is 11.4 Å². The van der Waals surface area contributed by atoms with E-state index in [9.17, 15) is 9.59 Å². The van der Waals surface area contributed by atoms with Gasteiger partial charge in [-0.1, -0.05) is 37.1 Å². The van der Waals surface area contributed by atoms with E-state index in [-0.39, 0.29) is 10.7 Å². The third-order valence-electron chi connectivity index (χ3n) is 4.71. The maximum absolute atomic E-state index is 13.0. The molecular weight excluding hydrogens is 392 g/mol. The third kappa shape index (κ3) is 4.22. The van der Waals surface area contributed by atoms with Gasteiger partial charge in [0.15, 0.2) is 0 Å². The summed E-state index contributed by atoms with van der Waals surface area (Å²) in [6.07, 6.45) is 3.15. The SMILES string of the molecule is CCCCc1ccc(N2C(=O)C(Cl)=C(Nc3cc(OC)ccc3OC)C2=O)cc1. The van der Waals surface area contributed by atoms with Crippen molar-refractivity contribution in [2.24, 2.45) is 0 Å². The summed E-state index contributed by atoms with van der Waals surface area (Å²) in [5, 5.41) is 2.76. The molecule has 1 aliphatic heterocycles. The van der Waals surface area contributed by atoms with E-state index >= 15 is 0 Å². The second-order valence-electron chi connectivity index (χ2n) is 6.60. The molecule has 0 unspecified atom stereocenters. The predicted octanol–water partition coefficient (Wildman–Crippen LogP) is 4.48. The van der Waals surface area contributed by atoms with Crippen LogP contribution >= 0.6 is 11.6 Å². The summed E-state index contributed by atoms with van der Waals surface area (Å²) < 4.78 is 10.5. The molecule has 0 aromatic heterocycles. The van der Waals surface area contributed by atoms with Crippen LogP contribution in [-0.2, 0) is 16.0 Å². The molecular formula is C22H23ClN2O4. The Bertz CT molecular complexity index is 954. The summed E-state index contributed by atoms with van der Waals surface area (Å²) in [6, 6.07) is 12.5. The van der Waals surface area contributed by atoms with Crippen molar-refractivity contribution in [2.75, 3.05) is 24.4 Å². The summed E-state index contributed by atoms with van der Waals surface area (Å²) in [5.41, 5.74) is 2.11. The highest BCUT2D eigenvalue weighted by atomic mass is 35.5. The molecule has 0 saturated carbocycles. The predicted molar refractivity (Wildman–Crippen MR) is 114 cm³/mol. The normalized spacial score (nSPS) is 13.9. The van der Waals surface area contributed by atoms with Gasteiger partial charge < -0.3 is 14.8 Å². The molecule has 0 atom stereocenters. The van der Waals surface area contributed by atoms with Crippen molar-refractivity contribution in [3.63, 3.8) is 0 Å². The van der Waals surface area contributed by atoms with Gasteiger partial charge in [-0.05, 0) is 42.7 Å². The van der Waals surface area contributed by atoms with Crippen molar-refractivity contribution >= 4 is 34.8 Å². The van der Waals surface area contributed by atoms with Gasteiger partial charge in [-0.3, -0.25) is 9.59 Å². The average molecular weight is 415 g/mol. The Hall–Kier alpha value is -2.99. The Kier molecular flexibility index (Phi) is 6.44. The standard InChI is InChI=1S/C22H23ClN2O4/c1-4-5-6-14-7-9-15(10-8-14)25-21(26)19(23)20(22(25)27)24-17-13-16(28-2)11-12-18(17)29-3/h7-13,24H,4-6H2,1-3H3. The van der Waals surface area contributed by atoms with E-state index < -0.39 is 11.8 Å². The number of unbranched alkanes of at least 4 members (excludes halogenated alkanes) is 1. The lowest BCUT2D eigenvalue weighted by Gasteiger charge is -2.16. The first kappa shape index (κ1) is 20.7. The van der Waals surface area contributed by atoms with Crippen molar-refractivity contribution in [3.05, 3.63) is 58.8 Å². The lowest BCUT2D eigenvalue weighted by atomic mass is 10.1. The third-order valence-corrected chi connectivity index (χ3v) is 5.06. The molecule has 1 aliphatic rings. The zero-order valence-electron chi connectivity index (χ0n) is 16.6. The van der Waals surface area contributed by atoms with Crippen LogP contribution in [0, 0.1) is 0 Å². The Balaban J connectivity index is 1.86. The van der Waals surface area contributed by atoms with Crippen LogP contribution in [0.15, 0.2) is 53.2 Å². The molecule has 29 heavy (non-hydrogen) atoms. The van der Waals surface area contributed by atoms with Gasteiger partial charge >= 0.3 is 0 Å². The molecule has 0 fully saturated rings. The van der Waals surface area contributed by atoms with Gasteiger partial charge in [-0.2, -0.15) is 0 Å². The topological polar surface area (TPSA) is 67.9 Å². The molecule has 0 bridgehead atoms. The second-order valence-corrected chi connectivity index (χ2v) is 6.97. The number of hydrogen-bond donors (Lipinski definition) is 1. The number of anilines is 2. The minimum absolute atomic E-state index is 0.00159. The molecule has 7 heteroatoms. The van der Waals surface area contributed by atoms with Crippen LogP contribution in [0.25, 0.3) is 0 Å². The minimum atomic E-state index is -0.567. The van der Waals surface area contributed by atoms with Crippen molar-refractivity contribution in [1.82, 2.24) is 0 Å². The fourth-order valence-electron chi connectivity index (χ4n) is 3.08. The zero-order valence-corrected chi connectivity index (χ0v) is 17.4. The quantitative estimate of drug-likeness (QED) is 0.645. The summed E-state index contributed by atoms with van der Waals surface area (Å²) in [5.74, 6) is -0.0309. The van der Waals surface area contributed by atoms with Gasteiger partial charge in [-0.25, -0.2) is 4.90 Å². The number of carbonyl (C=O) groups excluding carboxylic acids is 2. The number of imide groups is 1. The molecule has 6 nitrogen and oxygen atoms in total. The monoisotopic (exact) mass is 414 g/mol. The number of aryl methyl sites for hydroxylation is 1. The molecule has 152 valence electrons. The van der Waals surface area contributed by atoms with E-state index in [1.807, 2.05) is 12.1 Å². The van der Waals surface area contributed by atoms with E-state index in [1.165, 1.54) is 14.2 Å². The van der Waals surface area contributed by atoms with E-state index in [0.717, 1.165) is 29.7 Å². The molecule has 0 radical (unpaired) electrons. The molecule has 0 saturated heterocycles. The van der Waals surface area contributed by atoms with Crippen molar-refractivity contribution in [1.29, 1.82) is 0 Å². The van der Waals surface area contributed by atoms with Crippen molar-refractivity contribution in [3.8, 4) is 11.5 Å². The molecule has 1 N–H and O–H groups in total. The van der Waals surface area contributed by atoms with Crippen LogP contribution in [0.3, 0.4) is 0 Å². The molecule has 2 aromatic rings. The summed E-state index contributed by atoms with van der Waals surface area (Å²) in [7, 11) is 3.05. The molecule has 0 spiro atoms. The van der Waals surface area contributed by atoms with Gasteiger partial charge in [0.25, 0.3) is 11.8 Å². The van der Waals surface area contributed by atoms with E-state index in [4.69, 9.17) is 21.1 Å². The first-order valence-electron chi connectivity index (χ1n) is 9.36. The molecule has 2 aromatic carbocycles. The highest BCUT2D eigenvalue weighted by Crippen LogP contribution is 2.34. The lowest BCUT2D eigenvalue weighted by Crippen LogP contribution is -2.32. The molecule has 0 aliphatic carbocycles. The van der Waals surface area contributed by atoms with Crippen LogP contribution in [-0.4, -0.2) is 26.0 Å². The number of carbonyl (C=O) groups is 2. The van der Waals surface area contributed by atoms with Gasteiger partial charge in [0.1, 0.15) is 22.2 Å². The van der Waals surface area contributed by atoms with Gasteiger partial charge in [0.2, 0.25) is 0 Å². The van der Waals surface area contributed by atoms with E-state index in [2.05, 4.69) is 12.2 Å². The number of nitrogens with zero attached hydrogens (tertiary/aromatic N) is 1. The fourth-order valence-corrected chi connectivity index (χ4v) is 3.30. The molecule has 1 heterocycles. The molecule has 2 amide bonds. The van der Waals surface area contributed by atoms with E-state index in [1.54, 1.807) is 30.3 Å². The van der Waals surface area contributed by atoms with Crippen molar-refractivity contribution in [2.45, 2.75) is 26.2 Å². The Labute approximate surface area is 175 Å². The number of ether oxygens (including phenoxy) is 2. The van der Waals surface area contributed by atoms with Crippen LogP contribution in [0.5, 0.6) is 11.5 Å². The van der Waals surface area contributed by atoms with Gasteiger partial charge in [0.05, 0.1) is 25.6 Å². The van der Waals surface area contributed by atoms with Crippen molar-refractivity contribution < 1.29 is 19.1 Å².